The maximum Gasteiger partial charge on any atom is 0.340 e. The molecule has 0 atom stereocenters. The number of ether oxygens (including phenoxy) is 1. The molecule has 0 saturated carbocycles. The second-order valence-electron chi connectivity index (χ2n) is 2.22. The summed E-state index contributed by atoms with van der Waals surface area (Å²) in [5.41, 5.74) is -0.252. The summed E-state index contributed by atoms with van der Waals surface area (Å²) < 4.78 is 4.84. The normalized spacial score (nSPS) is 10.3. The van der Waals surface area contributed by atoms with Gasteiger partial charge in [-0.2, -0.15) is 5.10 Å². The molecule has 0 bridgehead atoms. The summed E-state index contributed by atoms with van der Waals surface area (Å²) >= 11 is 0. The monoisotopic (exact) mass is 157 g/mol. The van der Waals surface area contributed by atoms with Gasteiger partial charge in [0.1, 0.15) is 5.82 Å². The number of hydrogen-bond acceptors (Lipinski definition) is 3. The second-order valence-corrected chi connectivity index (χ2v) is 2.22. The van der Waals surface area contributed by atoms with Gasteiger partial charge < -0.3 is 4.74 Å². The van der Waals surface area contributed by atoms with Gasteiger partial charge in [0.2, 0.25) is 0 Å². The van der Waals surface area contributed by atoms with E-state index in [2.05, 4.69) is 15.2 Å². The molecule has 0 aliphatic carbocycles. The van der Waals surface area contributed by atoms with Crippen molar-refractivity contribution in [2.24, 2.45) is 0 Å². The predicted molar refractivity (Wildman–Crippen MR) is 39.4 cm³/mol. The summed E-state index contributed by atoms with van der Waals surface area (Å²) in [6, 6.07) is 0. The fourth-order valence-electron chi connectivity index (χ4n) is 0.808. The van der Waals surface area contributed by atoms with Crippen LogP contribution in [0.4, 0.5) is 0 Å². The maximum absolute atomic E-state index is 10.5. The summed E-state index contributed by atoms with van der Waals surface area (Å²) in [5.74, 6) is 0.687. The Balaban J connectivity index is 2.33. The van der Waals surface area contributed by atoms with Crippen LogP contribution in [0.15, 0.2) is 4.79 Å². The lowest BCUT2D eigenvalue weighted by molar-refractivity contribution is 0.194. The van der Waals surface area contributed by atoms with Crippen molar-refractivity contribution in [3.8, 4) is 0 Å². The Kier molecular flexibility index (Phi) is 2.85. The summed E-state index contributed by atoms with van der Waals surface area (Å²) in [6.45, 7) is 0.689. The average molecular weight is 157 g/mol. The van der Waals surface area contributed by atoms with Crippen molar-refractivity contribution < 1.29 is 4.74 Å². The largest absolute Gasteiger partial charge is 0.385 e. The number of nitrogens with zero attached hydrogens (tertiary/aromatic N) is 1. The van der Waals surface area contributed by atoms with Gasteiger partial charge >= 0.3 is 5.69 Å². The molecular formula is C6H11N3O2. The number of aromatic amines is 2. The van der Waals surface area contributed by atoms with Gasteiger partial charge in [0, 0.05) is 20.1 Å². The second kappa shape index (κ2) is 3.92. The smallest absolute Gasteiger partial charge is 0.340 e. The predicted octanol–water partition coefficient (Wildman–Crippen LogP) is -0.323. The van der Waals surface area contributed by atoms with Crippen LogP contribution in [0.3, 0.4) is 0 Å². The first-order valence-electron chi connectivity index (χ1n) is 3.45. The number of hydrogen-bond donors (Lipinski definition) is 2. The van der Waals surface area contributed by atoms with Gasteiger partial charge in [-0.05, 0) is 6.42 Å². The minimum Gasteiger partial charge on any atom is -0.385 e. The van der Waals surface area contributed by atoms with Crippen LogP contribution in [0.1, 0.15) is 12.2 Å². The van der Waals surface area contributed by atoms with Crippen LogP contribution in [-0.4, -0.2) is 28.9 Å². The van der Waals surface area contributed by atoms with Crippen molar-refractivity contribution >= 4 is 0 Å². The van der Waals surface area contributed by atoms with Crippen LogP contribution >= 0.6 is 0 Å². The van der Waals surface area contributed by atoms with Gasteiger partial charge in [0.15, 0.2) is 0 Å². The molecule has 0 unspecified atom stereocenters. The number of methoxy groups -OCH3 is 1. The number of aryl methyl sites for hydroxylation is 1. The molecule has 0 aliphatic rings. The van der Waals surface area contributed by atoms with E-state index in [1.807, 2.05) is 0 Å². The molecular weight excluding hydrogens is 146 g/mol. The Morgan fingerprint density at radius 3 is 3.00 bits per heavy atom. The molecule has 0 spiro atoms. The topological polar surface area (TPSA) is 70.8 Å². The van der Waals surface area contributed by atoms with Crippen molar-refractivity contribution in [1.29, 1.82) is 0 Å². The van der Waals surface area contributed by atoms with Crippen molar-refractivity contribution in [3.05, 3.63) is 16.3 Å². The molecule has 11 heavy (non-hydrogen) atoms. The summed E-state index contributed by atoms with van der Waals surface area (Å²) in [5, 5.41) is 6.03. The molecule has 0 aliphatic heterocycles. The maximum atomic E-state index is 10.5. The van der Waals surface area contributed by atoms with Crippen molar-refractivity contribution in [2.45, 2.75) is 12.8 Å². The summed E-state index contributed by atoms with van der Waals surface area (Å²) in [6.07, 6.45) is 1.61. The molecule has 1 aromatic heterocycles. The zero-order valence-corrected chi connectivity index (χ0v) is 6.39. The highest BCUT2D eigenvalue weighted by Gasteiger charge is 1.95. The van der Waals surface area contributed by atoms with Crippen LogP contribution in [0.25, 0.3) is 0 Å². The van der Waals surface area contributed by atoms with Gasteiger partial charge in [-0.3, -0.25) is 4.98 Å². The van der Waals surface area contributed by atoms with Gasteiger partial charge in [0.25, 0.3) is 0 Å². The molecule has 1 aromatic rings. The standard InChI is InChI=1S/C6H11N3O2/c1-11-4-2-3-5-7-6(10)9-8-5/h2-4H2,1H3,(H2,7,8,9,10). The Morgan fingerprint density at radius 1 is 1.64 bits per heavy atom. The molecule has 5 nitrogen and oxygen atoms in total. The van der Waals surface area contributed by atoms with E-state index in [0.29, 0.717) is 12.4 Å². The molecule has 0 aromatic carbocycles. The summed E-state index contributed by atoms with van der Waals surface area (Å²) in [4.78, 5) is 13.1. The molecule has 0 radical (unpaired) electrons. The molecule has 0 fully saturated rings. The number of aromatic nitrogens is 3. The quantitative estimate of drug-likeness (QED) is 0.588. The third-order valence-electron chi connectivity index (χ3n) is 1.31. The minimum atomic E-state index is -0.252. The highest BCUT2D eigenvalue weighted by Crippen LogP contribution is 1.90. The van der Waals surface area contributed by atoms with E-state index in [-0.39, 0.29) is 5.69 Å². The SMILES string of the molecule is COCCCc1n[nH]c(=O)[nH]1. The van der Waals surface area contributed by atoms with E-state index >= 15 is 0 Å². The van der Waals surface area contributed by atoms with Crippen LogP contribution in [-0.2, 0) is 11.2 Å². The third-order valence-corrected chi connectivity index (χ3v) is 1.31. The first-order valence-corrected chi connectivity index (χ1v) is 3.45. The van der Waals surface area contributed by atoms with Crippen LogP contribution in [0.5, 0.6) is 0 Å². The van der Waals surface area contributed by atoms with Crippen molar-refractivity contribution in [3.63, 3.8) is 0 Å². The third kappa shape index (κ3) is 2.55. The van der Waals surface area contributed by atoms with Crippen molar-refractivity contribution in [1.82, 2.24) is 15.2 Å². The van der Waals surface area contributed by atoms with E-state index < -0.39 is 0 Å². The molecule has 62 valence electrons. The Hall–Kier alpha value is -1.10. The van der Waals surface area contributed by atoms with E-state index in [0.717, 1.165) is 12.8 Å². The van der Waals surface area contributed by atoms with Gasteiger partial charge in [-0.25, -0.2) is 9.89 Å². The first kappa shape index (κ1) is 8.00. The van der Waals surface area contributed by atoms with E-state index in [1.165, 1.54) is 0 Å². The fraction of sp³-hybridized carbons (Fsp3) is 0.667. The number of H-pyrrole nitrogens is 2. The van der Waals surface area contributed by atoms with E-state index in [9.17, 15) is 4.79 Å². The average Bonchev–Trinajstić information content (AvgIpc) is 2.37. The molecule has 1 rings (SSSR count). The fourth-order valence-corrected chi connectivity index (χ4v) is 0.808. The lowest BCUT2D eigenvalue weighted by Gasteiger charge is -1.93. The van der Waals surface area contributed by atoms with Gasteiger partial charge in [0.05, 0.1) is 0 Å². The Labute approximate surface area is 63.8 Å². The Bertz CT molecular complexity index is 252. The molecule has 0 amide bonds. The van der Waals surface area contributed by atoms with Crippen molar-refractivity contribution in [2.75, 3.05) is 13.7 Å². The molecule has 1 heterocycles. The van der Waals surface area contributed by atoms with Crippen LogP contribution < -0.4 is 5.69 Å². The van der Waals surface area contributed by atoms with E-state index in [1.54, 1.807) is 7.11 Å². The van der Waals surface area contributed by atoms with E-state index in [4.69, 9.17) is 4.74 Å². The van der Waals surface area contributed by atoms with Gasteiger partial charge in [-0.15, -0.1) is 0 Å². The summed E-state index contributed by atoms with van der Waals surface area (Å²) in [7, 11) is 1.65. The zero-order chi connectivity index (χ0) is 8.10. The lowest BCUT2D eigenvalue weighted by Crippen LogP contribution is -2.01. The molecule has 2 N–H and O–H groups in total. The minimum absolute atomic E-state index is 0.252. The highest BCUT2D eigenvalue weighted by molar-refractivity contribution is 4.79. The zero-order valence-electron chi connectivity index (χ0n) is 6.39. The number of nitrogens with one attached hydrogen (secondary N) is 2. The van der Waals surface area contributed by atoms with Crippen LogP contribution in [0.2, 0.25) is 0 Å². The lowest BCUT2D eigenvalue weighted by atomic mass is 10.3. The Morgan fingerprint density at radius 2 is 2.45 bits per heavy atom. The highest BCUT2D eigenvalue weighted by atomic mass is 16.5. The molecule has 5 heteroatoms. The first-order chi connectivity index (χ1) is 5.33. The van der Waals surface area contributed by atoms with Gasteiger partial charge in [-0.1, -0.05) is 0 Å². The van der Waals surface area contributed by atoms with Crippen LogP contribution in [0, 0.1) is 0 Å². The molecule has 0 saturated heterocycles. The number of rotatable bonds is 4.